The monoisotopic (exact) mass is 451 g/mol. The van der Waals surface area contributed by atoms with Gasteiger partial charge in [-0.2, -0.15) is 14.3 Å². The van der Waals surface area contributed by atoms with Crippen molar-refractivity contribution in [2.24, 2.45) is 0 Å². The number of hydrogen-bond donors (Lipinski definition) is 1. The lowest BCUT2D eigenvalue weighted by Crippen LogP contribution is -2.25. The molecule has 6 rings (SSSR count). The summed E-state index contributed by atoms with van der Waals surface area (Å²) >= 11 is 0. The Kier molecular flexibility index (Phi) is 4.80. The second kappa shape index (κ2) is 8.11. The Hall–Kier alpha value is -4.53. The van der Waals surface area contributed by atoms with E-state index in [9.17, 15) is 4.79 Å². The molecule has 0 radical (unpaired) electrons. The van der Waals surface area contributed by atoms with Gasteiger partial charge >= 0.3 is 0 Å². The Labute approximate surface area is 195 Å². The number of fused-ring (bicyclic) bond motifs is 2. The van der Waals surface area contributed by atoms with Crippen molar-refractivity contribution in [1.82, 2.24) is 29.6 Å². The molecule has 3 aromatic heterocycles. The maximum Gasteiger partial charge on any atom is 0.226 e. The van der Waals surface area contributed by atoms with Crippen LogP contribution in [-0.2, 0) is 11.4 Å². The van der Waals surface area contributed by atoms with Crippen LogP contribution in [0.4, 0.5) is 5.82 Å². The number of nitrogens with one attached hydrogen (secondary N) is 1. The van der Waals surface area contributed by atoms with Gasteiger partial charge in [-0.25, -0.2) is 0 Å². The smallest absolute Gasteiger partial charge is 0.226 e. The molecule has 1 aliphatic heterocycles. The molecular formula is C25H21N7O2. The van der Waals surface area contributed by atoms with Crippen LogP contribution >= 0.6 is 0 Å². The molecule has 1 N–H and O–H groups in total. The normalized spacial score (nSPS) is 15.2. The van der Waals surface area contributed by atoms with Gasteiger partial charge in [0.1, 0.15) is 24.5 Å². The summed E-state index contributed by atoms with van der Waals surface area (Å²) in [5.74, 6) is 1.75. The van der Waals surface area contributed by atoms with Crippen LogP contribution < -0.4 is 10.1 Å². The van der Waals surface area contributed by atoms with Gasteiger partial charge in [-0.1, -0.05) is 42.5 Å². The van der Waals surface area contributed by atoms with Gasteiger partial charge in [-0.15, -0.1) is 15.3 Å². The van der Waals surface area contributed by atoms with Crippen LogP contribution in [0.2, 0.25) is 0 Å². The minimum Gasteiger partial charge on any atom is -0.489 e. The molecule has 1 aliphatic rings. The maximum absolute atomic E-state index is 12.7. The Balaban J connectivity index is 1.36. The summed E-state index contributed by atoms with van der Waals surface area (Å²) in [5.41, 5.74) is 4.55. The molecule has 34 heavy (non-hydrogen) atoms. The lowest BCUT2D eigenvalue weighted by molar-refractivity contribution is -0.116. The SMILES string of the molecule is Cc1nn(-c2ccc3nncn3n2)c2c1[C@H](c1cccc(OCc3ccccc3)c1)CC(=O)N2. The fourth-order valence-corrected chi connectivity index (χ4v) is 4.39. The third kappa shape index (κ3) is 3.57. The molecule has 9 heteroatoms. The molecule has 4 heterocycles. The number of nitrogens with zero attached hydrogens (tertiary/aromatic N) is 6. The molecule has 1 atom stereocenters. The predicted octanol–water partition coefficient (Wildman–Crippen LogP) is 3.67. The standard InChI is InChI=1S/C25H21N7O2/c1-16-24-20(18-8-5-9-19(12-18)34-14-17-6-3-2-4-7-17)13-23(33)27-25(24)32(29-16)22-11-10-21-28-26-15-31(21)30-22/h2-12,15,20H,13-14H2,1H3,(H,27,33)/t20-/m0/s1. The van der Waals surface area contributed by atoms with Crippen LogP contribution in [0.3, 0.4) is 0 Å². The highest BCUT2D eigenvalue weighted by Crippen LogP contribution is 2.40. The minimum atomic E-state index is -0.142. The number of amides is 1. The second-order valence-corrected chi connectivity index (χ2v) is 8.24. The highest BCUT2D eigenvalue weighted by atomic mass is 16.5. The average Bonchev–Trinajstić information content (AvgIpc) is 3.47. The van der Waals surface area contributed by atoms with Crippen LogP contribution in [0.15, 0.2) is 73.1 Å². The average molecular weight is 451 g/mol. The van der Waals surface area contributed by atoms with Crippen LogP contribution in [0, 0.1) is 6.92 Å². The van der Waals surface area contributed by atoms with Crippen molar-refractivity contribution < 1.29 is 9.53 Å². The first kappa shape index (κ1) is 20.1. The molecule has 0 bridgehead atoms. The van der Waals surface area contributed by atoms with Crippen LogP contribution in [0.1, 0.15) is 34.7 Å². The minimum absolute atomic E-state index is 0.0698. The van der Waals surface area contributed by atoms with Gasteiger partial charge in [0.15, 0.2) is 11.5 Å². The third-order valence-electron chi connectivity index (χ3n) is 5.98. The molecule has 1 amide bonds. The largest absolute Gasteiger partial charge is 0.489 e. The van der Waals surface area contributed by atoms with Crippen molar-refractivity contribution in [3.05, 3.63) is 95.4 Å². The summed E-state index contributed by atoms with van der Waals surface area (Å²) in [6.07, 6.45) is 1.86. The zero-order chi connectivity index (χ0) is 23.1. The van der Waals surface area contributed by atoms with Crippen molar-refractivity contribution in [3.8, 4) is 11.6 Å². The third-order valence-corrected chi connectivity index (χ3v) is 5.98. The van der Waals surface area contributed by atoms with Crippen LogP contribution in [0.5, 0.6) is 5.75 Å². The van der Waals surface area contributed by atoms with E-state index in [1.54, 1.807) is 9.20 Å². The molecule has 2 aromatic carbocycles. The Morgan fingerprint density at radius 1 is 1.06 bits per heavy atom. The van der Waals surface area contributed by atoms with E-state index in [1.807, 2.05) is 73.7 Å². The van der Waals surface area contributed by atoms with Gasteiger partial charge in [0.05, 0.1) is 5.69 Å². The first-order chi connectivity index (χ1) is 16.7. The number of ether oxygens (including phenoxy) is 1. The Morgan fingerprint density at radius 3 is 2.82 bits per heavy atom. The van der Waals surface area contributed by atoms with Gasteiger partial charge in [0, 0.05) is 17.9 Å². The molecule has 0 fully saturated rings. The quantitative estimate of drug-likeness (QED) is 0.438. The van der Waals surface area contributed by atoms with Gasteiger partial charge in [-0.3, -0.25) is 4.79 Å². The number of rotatable bonds is 5. The lowest BCUT2D eigenvalue weighted by atomic mass is 9.86. The summed E-state index contributed by atoms with van der Waals surface area (Å²) in [6, 6.07) is 21.6. The molecular weight excluding hydrogens is 430 g/mol. The van der Waals surface area contributed by atoms with Gasteiger partial charge in [0.25, 0.3) is 0 Å². The molecule has 0 saturated carbocycles. The molecule has 9 nitrogen and oxygen atoms in total. The number of hydrogen-bond acceptors (Lipinski definition) is 6. The van der Waals surface area contributed by atoms with Crippen LogP contribution in [0.25, 0.3) is 11.5 Å². The fraction of sp³-hybridized carbons (Fsp3) is 0.160. The highest BCUT2D eigenvalue weighted by molar-refractivity contribution is 5.95. The summed E-state index contributed by atoms with van der Waals surface area (Å²) in [4.78, 5) is 12.7. The van der Waals surface area contributed by atoms with Crippen molar-refractivity contribution in [2.75, 3.05) is 5.32 Å². The van der Waals surface area contributed by atoms with Gasteiger partial charge < -0.3 is 10.1 Å². The summed E-state index contributed by atoms with van der Waals surface area (Å²) in [7, 11) is 0. The van der Waals surface area contributed by atoms with Crippen molar-refractivity contribution >= 4 is 17.4 Å². The zero-order valence-corrected chi connectivity index (χ0v) is 18.4. The van der Waals surface area contributed by atoms with E-state index >= 15 is 0 Å². The number of carbonyl (C=O) groups excluding carboxylic acids is 1. The van der Waals surface area contributed by atoms with E-state index in [-0.39, 0.29) is 11.8 Å². The van der Waals surface area contributed by atoms with Crippen molar-refractivity contribution in [1.29, 1.82) is 0 Å². The number of carbonyl (C=O) groups is 1. The van der Waals surface area contributed by atoms with E-state index in [2.05, 4.69) is 20.6 Å². The predicted molar refractivity (Wildman–Crippen MR) is 125 cm³/mol. The number of anilines is 1. The summed E-state index contributed by atoms with van der Waals surface area (Å²) in [6.45, 7) is 2.43. The number of aromatic nitrogens is 6. The van der Waals surface area contributed by atoms with Crippen LogP contribution in [-0.4, -0.2) is 35.5 Å². The molecule has 0 unspecified atom stereocenters. The fourth-order valence-electron chi connectivity index (χ4n) is 4.39. The Morgan fingerprint density at radius 2 is 1.94 bits per heavy atom. The number of aryl methyl sites for hydroxylation is 1. The molecule has 0 saturated heterocycles. The van der Waals surface area contributed by atoms with E-state index in [4.69, 9.17) is 9.84 Å². The summed E-state index contributed by atoms with van der Waals surface area (Å²) < 4.78 is 9.28. The molecule has 5 aromatic rings. The highest BCUT2D eigenvalue weighted by Gasteiger charge is 2.33. The topological polar surface area (TPSA) is 99.2 Å². The molecule has 168 valence electrons. The van der Waals surface area contributed by atoms with Gasteiger partial charge in [0.2, 0.25) is 5.91 Å². The second-order valence-electron chi connectivity index (χ2n) is 8.24. The van der Waals surface area contributed by atoms with Crippen molar-refractivity contribution in [2.45, 2.75) is 25.9 Å². The van der Waals surface area contributed by atoms with E-state index in [0.29, 0.717) is 30.3 Å². The molecule has 0 spiro atoms. The maximum atomic E-state index is 12.7. The Bertz CT molecular complexity index is 1510. The van der Waals surface area contributed by atoms with Gasteiger partial charge in [-0.05, 0) is 42.3 Å². The zero-order valence-electron chi connectivity index (χ0n) is 18.4. The van der Waals surface area contributed by atoms with E-state index in [1.165, 1.54) is 6.33 Å². The first-order valence-electron chi connectivity index (χ1n) is 11.0. The van der Waals surface area contributed by atoms with Crippen molar-refractivity contribution in [3.63, 3.8) is 0 Å². The molecule has 0 aliphatic carbocycles. The lowest BCUT2D eigenvalue weighted by Gasteiger charge is -2.24. The first-order valence-corrected chi connectivity index (χ1v) is 11.0. The van der Waals surface area contributed by atoms with E-state index < -0.39 is 0 Å². The number of benzene rings is 2. The summed E-state index contributed by atoms with van der Waals surface area (Å²) in [5, 5.41) is 20.1. The van der Waals surface area contributed by atoms with E-state index in [0.717, 1.165) is 28.1 Å².